The monoisotopic (exact) mass is 382 g/mol. The van der Waals surface area contributed by atoms with Crippen molar-refractivity contribution in [2.24, 2.45) is 0 Å². The fourth-order valence-electron chi connectivity index (χ4n) is 3.05. The summed E-state index contributed by atoms with van der Waals surface area (Å²) >= 11 is 0. The van der Waals surface area contributed by atoms with Gasteiger partial charge in [-0.1, -0.05) is 31.4 Å². The summed E-state index contributed by atoms with van der Waals surface area (Å²) in [4.78, 5) is 11.7. The van der Waals surface area contributed by atoms with Crippen molar-refractivity contribution < 1.29 is 13.2 Å². The maximum absolute atomic E-state index is 12.5. The first-order chi connectivity index (χ1) is 12.3. The van der Waals surface area contributed by atoms with Crippen molar-refractivity contribution in [2.75, 3.05) is 12.4 Å². The van der Waals surface area contributed by atoms with Crippen molar-refractivity contribution >= 4 is 21.9 Å². The van der Waals surface area contributed by atoms with Gasteiger partial charge in [0.15, 0.2) is 0 Å². The van der Waals surface area contributed by atoms with E-state index in [0.717, 1.165) is 31.2 Å². The predicted molar refractivity (Wildman–Crippen MR) is 104 cm³/mol. The summed E-state index contributed by atoms with van der Waals surface area (Å²) in [6.45, 7) is 4.00. The lowest BCUT2D eigenvalue weighted by Gasteiger charge is -2.30. The van der Waals surface area contributed by atoms with Crippen LogP contribution in [0.4, 0.5) is 10.5 Å². The third-order valence-corrected chi connectivity index (χ3v) is 6.12. The number of hydrogen-bond donors (Lipinski definition) is 3. The lowest BCUT2D eigenvalue weighted by Crippen LogP contribution is -2.44. The van der Waals surface area contributed by atoms with E-state index in [4.69, 9.17) is 0 Å². The molecule has 0 aromatic heterocycles. The second kappa shape index (κ2) is 9.34. The van der Waals surface area contributed by atoms with Gasteiger partial charge in [-0.25, -0.2) is 4.79 Å². The van der Waals surface area contributed by atoms with Crippen molar-refractivity contribution in [3.63, 3.8) is 0 Å². The van der Waals surface area contributed by atoms with Gasteiger partial charge in [-0.2, -0.15) is 17.4 Å². The molecule has 0 heterocycles. The highest BCUT2D eigenvalue weighted by Crippen LogP contribution is 2.23. The van der Waals surface area contributed by atoms with Gasteiger partial charge in [0.05, 0.1) is 0 Å². The molecule has 0 radical (unpaired) electrons. The first-order valence-corrected chi connectivity index (χ1v) is 10.6. The van der Waals surface area contributed by atoms with E-state index in [-0.39, 0.29) is 24.7 Å². The molecule has 0 bridgehead atoms. The number of anilines is 1. The smallest absolute Gasteiger partial charge is 0.319 e. The van der Waals surface area contributed by atoms with Crippen molar-refractivity contribution in [1.29, 1.82) is 0 Å². The Hall–Kier alpha value is -1.64. The molecule has 3 N–H and O–H groups in total. The Morgan fingerprint density at radius 1 is 1.15 bits per heavy atom. The molecule has 1 aromatic carbocycles. The number of benzene rings is 1. The lowest BCUT2D eigenvalue weighted by atomic mass is 9.96. The van der Waals surface area contributed by atoms with Crippen molar-refractivity contribution in [1.82, 2.24) is 14.3 Å². The Bertz CT molecular complexity index is 683. The molecule has 1 aliphatic rings. The van der Waals surface area contributed by atoms with E-state index in [1.807, 2.05) is 13.8 Å². The van der Waals surface area contributed by atoms with Crippen LogP contribution in [0.3, 0.4) is 0 Å². The fraction of sp³-hybridized carbons (Fsp3) is 0.611. The molecule has 26 heavy (non-hydrogen) atoms. The van der Waals surface area contributed by atoms with E-state index in [1.54, 1.807) is 31.3 Å². The molecule has 2 rings (SSSR count). The van der Waals surface area contributed by atoms with Crippen LogP contribution in [-0.2, 0) is 16.8 Å². The third-order valence-electron chi connectivity index (χ3n) is 4.56. The molecule has 2 amide bonds. The summed E-state index contributed by atoms with van der Waals surface area (Å²) in [6.07, 6.45) is 5.21. The molecule has 1 saturated carbocycles. The first-order valence-electron chi connectivity index (χ1n) is 9.17. The molecule has 0 unspecified atom stereocenters. The summed E-state index contributed by atoms with van der Waals surface area (Å²) in [5.74, 6) is 0. The van der Waals surface area contributed by atoms with Crippen molar-refractivity contribution in [2.45, 2.75) is 64.6 Å². The number of urea groups is 1. The number of carbonyl (C=O) groups excluding carboxylic acids is 1. The van der Waals surface area contributed by atoms with E-state index in [9.17, 15) is 13.2 Å². The van der Waals surface area contributed by atoms with E-state index < -0.39 is 10.2 Å². The maximum atomic E-state index is 12.5. The van der Waals surface area contributed by atoms with Gasteiger partial charge < -0.3 is 10.6 Å². The van der Waals surface area contributed by atoms with Crippen LogP contribution in [0.1, 0.15) is 51.5 Å². The van der Waals surface area contributed by atoms with Crippen LogP contribution in [0.15, 0.2) is 24.3 Å². The van der Waals surface area contributed by atoms with E-state index in [0.29, 0.717) is 5.69 Å². The first kappa shape index (κ1) is 20.7. The zero-order chi connectivity index (χ0) is 19.2. The molecular formula is C18H30N4O3S. The molecule has 1 fully saturated rings. The lowest BCUT2D eigenvalue weighted by molar-refractivity contribution is 0.250. The number of rotatable bonds is 7. The average Bonchev–Trinajstić information content (AvgIpc) is 2.60. The summed E-state index contributed by atoms with van der Waals surface area (Å²) in [5, 5.41) is 5.48. The minimum absolute atomic E-state index is 0.0600. The standard InChI is InChI=1S/C18H30N4O3S/c1-14(2)20-18(23)21-16-11-9-15(10-12-16)13-19-26(24,25)22(3)17-7-5-4-6-8-17/h9-12,14,17,19H,4-8,13H2,1-3H3,(H2,20,21,23). The molecule has 8 heteroatoms. The van der Waals surface area contributed by atoms with Gasteiger partial charge >= 0.3 is 6.03 Å². The summed E-state index contributed by atoms with van der Waals surface area (Å²) < 4.78 is 29.1. The van der Waals surface area contributed by atoms with Gasteiger partial charge in [-0.3, -0.25) is 0 Å². The quantitative estimate of drug-likeness (QED) is 0.677. The van der Waals surface area contributed by atoms with Crippen molar-refractivity contribution in [3.8, 4) is 0 Å². The van der Waals surface area contributed by atoms with Crippen LogP contribution < -0.4 is 15.4 Å². The number of amides is 2. The zero-order valence-corrected chi connectivity index (χ0v) is 16.6. The summed E-state index contributed by atoms with van der Waals surface area (Å²) in [7, 11) is -1.85. The van der Waals surface area contributed by atoms with Gasteiger partial charge in [0.25, 0.3) is 10.2 Å². The maximum Gasteiger partial charge on any atom is 0.319 e. The SMILES string of the molecule is CC(C)NC(=O)Nc1ccc(CNS(=O)(=O)N(C)C2CCCCC2)cc1. The highest BCUT2D eigenvalue weighted by molar-refractivity contribution is 7.87. The van der Waals surface area contributed by atoms with E-state index in [2.05, 4.69) is 15.4 Å². The van der Waals surface area contributed by atoms with Gasteiger partial charge in [-0.15, -0.1) is 0 Å². The Morgan fingerprint density at radius 2 is 1.77 bits per heavy atom. The number of hydrogen-bond acceptors (Lipinski definition) is 3. The van der Waals surface area contributed by atoms with E-state index >= 15 is 0 Å². The molecule has 146 valence electrons. The normalized spacial score (nSPS) is 16.0. The Balaban J connectivity index is 1.87. The van der Waals surface area contributed by atoms with E-state index in [1.165, 1.54) is 10.7 Å². The third kappa shape index (κ3) is 6.26. The van der Waals surface area contributed by atoms with Crippen LogP contribution >= 0.6 is 0 Å². The number of nitrogens with one attached hydrogen (secondary N) is 3. The van der Waals surface area contributed by atoms with Gasteiger partial charge in [0, 0.05) is 31.4 Å². The highest BCUT2D eigenvalue weighted by atomic mass is 32.2. The molecule has 0 aliphatic heterocycles. The van der Waals surface area contributed by atoms with Crippen LogP contribution in [0.25, 0.3) is 0 Å². The molecule has 0 atom stereocenters. The fourth-order valence-corrected chi connectivity index (χ4v) is 4.21. The topological polar surface area (TPSA) is 90.5 Å². The highest BCUT2D eigenvalue weighted by Gasteiger charge is 2.27. The van der Waals surface area contributed by atoms with Gasteiger partial charge in [0.2, 0.25) is 0 Å². The van der Waals surface area contributed by atoms with Crippen LogP contribution in [0, 0.1) is 0 Å². The minimum atomic E-state index is -3.50. The Morgan fingerprint density at radius 3 is 2.35 bits per heavy atom. The van der Waals surface area contributed by atoms with Crippen LogP contribution in [0.5, 0.6) is 0 Å². The van der Waals surface area contributed by atoms with Crippen LogP contribution in [-0.4, -0.2) is 37.9 Å². The predicted octanol–water partition coefficient (Wildman–Crippen LogP) is 2.82. The second-order valence-electron chi connectivity index (χ2n) is 7.08. The van der Waals surface area contributed by atoms with Gasteiger partial charge in [-0.05, 0) is 44.4 Å². The summed E-state index contributed by atoms with van der Waals surface area (Å²) in [6, 6.07) is 7.00. The molecule has 1 aliphatic carbocycles. The zero-order valence-electron chi connectivity index (χ0n) is 15.8. The second-order valence-corrected chi connectivity index (χ2v) is 8.90. The minimum Gasteiger partial charge on any atom is -0.336 e. The number of nitrogens with zero attached hydrogens (tertiary/aromatic N) is 1. The summed E-state index contributed by atoms with van der Waals surface area (Å²) in [5.41, 5.74) is 1.49. The Kier molecular flexibility index (Phi) is 7.43. The molecule has 7 nitrogen and oxygen atoms in total. The number of carbonyl (C=O) groups is 1. The average molecular weight is 383 g/mol. The largest absolute Gasteiger partial charge is 0.336 e. The molecular weight excluding hydrogens is 352 g/mol. The molecule has 0 spiro atoms. The molecule has 0 saturated heterocycles. The van der Waals surface area contributed by atoms with Crippen LogP contribution in [0.2, 0.25) is 0 Å². The molecule has 1 aromatic rings. The van der Waals surface area contributed by atoms with Gasteiger partial charge in [0.1, 0.15) is 0 Å². The van der Waals surface area contributed by atoms with Crippen molar-refractivity contribution in [3.05, 3.63) is 29.8 Å². The Labute approximate surface area is 156 Å².